The van der Waals surface area contributed by atoms with Crippen molar-refractivity contribution in [3.05, 3.63) is 57.6 Å². The summed E-state index contributed by atoms with van der Waals surface area (Å²) < 4.78 is 11.3. The van der Waals surface area contributed by atoms with Crippen molar-refractivity contribution in [2.24, 2.45) is 17.6 Å². The third-order valence-corrected chi connectivity index (χ3v) is 7.62. The van der Waals surface area contributed by atoms with Crippen LogP contribution < -0.4 is 10.5 Å². The van der Waals surface area contributed by atoms with Crippen molar-refractivity contribution in [1.29, 1.82) is 5.26 Å². The molecule has 1 unspecified atom stereocenters. The SMILES string of the molecule is CC(=O)O[C@]1(C)CC[C@H](C#Cc2cc(CO)cc(C3(C(C)C)C(C#N)=C(N)Oc4[nH]nc(C)c43)c2)CC1. The van der Waals surface area contributed by atoms with E-state index < -0.39 is 11.0 Å². The van der Waals surface area contributed by atoms with Crippen LogP contribution in [0.15, 0.2) is 29.7 Å². The molecule has 4 N–H and O–H groups in total. The van der Waals surface area contributed by atoms with E-state index in [1.54, 1.807) is 0 Å². The van der Waals surface area contributed by atoms with Gasteiger partial charge >= 0.3 is 5.97 Å². The van der Waals surface area contributed by atoms with Crippen molar-refractivity contribution in [2.45, 2.75) is 77.9 Å². The zero-order valence-corrected chi connectivity index (χ0v) is 22.1. The lowest BCUT2D eigenvalue weighted by Gasteiger charge is -2.41. The molecule has 0 bridgehead atoms. The van der Waals surface area contributed by atoms with E-state index in [2.05, 4.69) is 28.1 Å². The summed E-state index contributed by atoms with van der Waals surface area (Å²) in [6, 6.07) is 8.05. The Hall–Kier alpha value is -3.75. The number of esters is 1. The summed E-state index contributed by atoms with van der Waals surface area (Å²) in [4.78, 5) is 11.4. The minimum atomic E-state index is -0.929. The van der Waals surface area contributed by atoms with E-state index in [1.165, 1.54) is 6.92 Å². The van der Waals surface area contributed by atoms with Gasteiger partial charge in [0.2, 0.25) is 11.8 Å². The monoisotopic (exact) mass is 502 g/mol. The van der Waals surface area contributed by atoms with E-state index in [1.807, 2.05) is 45.9 Å². The fourth-order valence-corrected chi connectivity index (χ4v) is 5.86. The van der Waals surface area contributed by atoms with Crippen LogP contribution in [0.1, 0.15) is 81.3 Å². The average molecular weight is 503 g/mol. The number of nitrogens with one attached hydrogen (secondary N) is 1. The molecule has 1 fully saturated rings. The summed E-state index contributed by atoms with van der Waals surface area (Å²) in [6.07, 6.45) is 3.21. The van der Waals surface area contributed by atoms with Gasteiger partial charge in [0.15, 0.2) is 0 Å². The number of hydrogen-bond acceptors (Lipinski definition) is 7. The number of nitriles is 1. The number of allylic oxidation sites excluding steroid dienone is 1. The normalized spacial score (nSPS) is 25.0. The van der Waals surface area contributed by atoms with Gasteiger partial charge in [0.25, 0.3) is 0 Å². The third-order valence-electron chi connectivity index (χ3n) is 7.62. The van der Waals surface area contributed by atoms with Gasteiger partial charge in [-0.3, -0.25) is 4.79 Å². The van der Waals surface area contributed by atoms with Crippen LogP contribution in [0.2, 0.25) is 0 Å². The topological polar surface area (TPSA) is 134 Å². The molecular formula is C29H34N4O4. The largest absolute Gasteiger partial charge is 0.460 e. The number of nitrogens with two attached hydrogens (primary N) is 1. The number of fused-ring (bicyclic) bond motifs is 1. The van der Waals surface area contributed by atoms with Crippen LogP contribution in [0.3, 0.4) is 0 Å². The maximum atomic E-state index is 11.4. The fourth-order valence-electron chi connectivity index (χ4n) is 5.86. The number of benzene rings is 1. The smallest absolute Gasteiger partial charge is 0.303 e. The summed E-state index contributed by atoms with van der Waals surface area (Å²) >= 11 is 0. The third kappa shape index (κ3) is 4.70. The maximum absolute atomic E-state index is 11.4. The number of aromatic amines is 1. The Labute approximate surface area is 217 Å². The lowest BCUT2D eigenvalue weighted by atomic mass is 9.61. The highest BCUT2D eigenvalue weighted by molar-refractivity contribution is 5.66. The minimum absolute atomic E-state index is 0.0346. The Morgan fingerprint density at radius 2 is 2.05 bits per heavy atom. The molecule has 1 aliphatic carbocycles. The first-order valence-electron chi connectivity index (χ1n) is 12.6. The van der Waals surface area contributed by atoms with Crippen molar-refractivity contribution in [2.75, 3.05) is 0 Å². The zero-order valence-electron chi connectivity index (χ0n) is 22.1. The van der Waals surface area contributed by atoms with Crippen molar-refractivity contribution in [1.82, 2.24) is 10.2 Å². The van der Waals surface area contributed by atoms with Gasteiger partial charge < -0.3 is 20.3 Å². The molecule has 0 radical (unpaired) electrons. The number of rotatable bonds is 4. The molecule has 1 aromatic heterocycles. The zero-order chi connectivity index (χ0) is 27.0. The number of nitrogens with zero attached hydrogens (tertiary/aromatic N) is 2. The number of aromatic nitrogens is 2. The van der Waals surface area contributed by atoms with E-state index in [9.17, 15) is 15.2 Å². The molecule has 0 saturated heterocycles. The molecule has 2 aliphatic rings. The quantitative estimate of drug-likeness (QED) is 0.423. The molecule has 0 amide bonds. The molecule has 0 spiro atoms. The Morgan fingerprint density at radius 3 is 2.65 bits per heavy atom. The Morgan fingerprint density at radius 1 is 1.35 bits per heavy atom. The second kappa shape index (κ2) is 9.95. The summed E-state index contributed by atoms with van der Waals surface area (Å²) in [7, 11) is 0. The Balaban J connectivity index is 1.77. The first-order chi connectivity index (χ1) is 17.5. The van der Waals surface area contributed by atoms with Gasteiger partial charge in [-0.15, -0.1) is 0 Å². The minimum Gasteiger partial charge on any atom is -0.460 e. The molecule has 1 aliphatic heterocycles. The highest BCUT2D eigenvalue weighted by Gasteiger charge is 2.50. The summed E-state index contributed by atoms with van der Waals surface area (Å²) in [5.41, 5.74) is 8.93. The van der Waals surface area contributed by atoms with Crippen LogP contribution in [0, 0.1) is 41.9 Å². The molecule has 4 rings (SSSR count). The van der Waals surface area contributed by atoms with Gasteiger partial charge in [-0.25, -0.2) is 5.10 Å². The van der Waals surface area contributed by atoms with Gasteiger partial charge in [0.1, 0.15) is 17.2 Å². The van der Waals surface area contributed by atoms with Crippen molar-refractivity contribution in [3.63, 3.8) is 0 Å². The maximum Gasteiger partial charge on any atom is 0.303 e. The predicted molar refractivity (Wildman–Crippen MR) is 138 cm³/mol. The predicted octanol–water partition coefficient (Wildman–Crippen LogP) is 4.10. The van der Waals surface area contributed by atoms with Crippen LogP contribution in [-0.4, -0.2) is 26.9 Å². The van der Waals surface area contributed by atoms with Crippen LogP contribution >= 0.6 is 0 Å². The molecule has 8 nitrogen and oxygen atoms in total. The number of aliphatic hydroxyl groups excluding tert-OH is 1. The second-order valence-corrected chi connectivity index (χ2v) is 10.6. The summed E-state index contributed by atoms with van der Waals surface area (Å²) in [5, 5.41) is 27.6. The van der Waals surface area contributed by atoms with Gasteiger partial charge in [-0.1, -0.05) is 31.8 Å². The number of H-pyrrole nitrogens is 1. The number of aliphatic hydroxyl groups is 1. The van der Waals surface area contributed by atoms with Gasteiger partial charge in [-0.05, 0) is 68.7 Å². The average Bonchev–Trinajstić information content (AvgIpc) is 3.21. The number of carbonyl (C=O) groups is 1. The van der Waals surface area contributed by atoms with Crippen molar-refractivity contribution < 1.29 is 19.4 Å². The lowest BCUT2D eigenvalue weighted by Crippen LogP contribution is -2.41. The van der Waals surface area contributed by atoms with Crippen LogP contribution in [0.25, 0.3) is 0 Å². The van der Waals surface area contributed by atoms with Gasteiger partial charge in [0.05, 0.1) is 23.3 Å². The van der Waals surface area contributed by atoms with Crippen LogP contribution in [0.4, 0.5) is 0 Å². The molecule has 194 valence electrons. The lowest BCUT2D eigenvalue weighted by molar-refractivity contribution is -0.158. The van der Waals surface area contributed by atoms with Crippen LogP contribution in [0.5, 0.6) is 5.88 Å². The van der Waals surface area contributed by atoms with E-state index in [4.69, 9.17) is 15.2 Å². The molecule has 2 heterocycles. The van der Waals surface area contributed by atoms with E-state index in [0.29, 0.717) is 22.7 Å². The summed E-state index contributed by atoms with van der Waals surface area (Å²) in [6.45, 7) is 9.19. The number of aryl methyl sites for hydroxylation is 1. The Kier molecular flexibility index (Phi) is 7.08. The standard InChI is InChI=1S/C29H34N4O4/c1-17(2)29(24(15-30)26(31)36-27-25(29)18(3)32-33-27)23-13-21(12-22(14-23)16-34)7-6-20-8-10-28(5,11-9-20)37-19(4)35/h12-14,17,20,34H,8-11,16,31H2,1-5H3,(H,32,33)/t20-,28+,29?. The van der Waals surface area contributed by atoms with Gasteiger partial charge in [-0.2, -0.15) is 10.4 Å². The highest BCUT2D eigenvalue weighted by Crippen LogP contribution is 2.52. The highest BCUT2D eigenvalue weighted by atomic mass is 16.6. The molecule has 1 atom stereocenters. The molecule has 2 aromatic rings. The second-order valence-electron chi connectivity index (χ2n) is 10.6. The Bertz CT molecular complexity index is 1350. The summed E-state index contributed by atoms with van der Waals surface area (Å²) in [5.74, 6) is 7.00. The molecule has 8 heteroatoms. The molecule has 1 aromatic carbocycles. The molecule has 37 heavy (non-hydrogen) atoms. The van der Waals surface area contributed by atoms with Gasteiger partial charge in [0, 0.05) is 18.4 Å². The van der Waals surface area contributed by atoms with Crippen molar-refractivity contribution in [3.8, 4) is 23.8 Å². The van der Waals surface area contributed by atoms with Crippen molar-refractivity contribution >= 4 is 5.97 Å². The number of hydrogen-bond donors (Lipinski definition) is 3. The first-order valence-corrected chi connectivity index (χ1v) is 12.6. The number of carbonyl (C=O) groups excluding carboxylic acids is 1. The molecule has 1 saturated carbocycles. The fraction of sp³-hybridized carbons (Fsp3) is 0.483. The molecular weight excluding hydrogens is 468 g/mol. The van der Waals surface area contributed by atoms with E-state index in [0.717, 1.165) is 42.4 Å². The first kappa shape index (κ1) is 26.3. The van der Waals surface area contributed by atoms with E-state index in [-0.39, 0.29) is 30.3 Å². The number of ether oxygens (including phenoxy) is 2. The van der Waals surface area contributed by atoms with E-state index >= 15 is 0 Å². The van der Waals surface area contributed by atoms with Crippen LogP contribution in [-0.2, 0) is 21.6 Å².